The largest absolute Gasteiger partial charge is 0.494 e. The molecule has 5 nitrogen and oxygen atoms in total. The fourth-order valence-corrected chi connectivity index (χ4v) is 4.01. The van der Waals surface area contributed by atoms with Crippen molar-refractivity contribution in [2.75, 3.05) is 16.8 Å². The van der Waals surface area contributed by atoms with Crippen molar-refractivity contribution in [2.45, 2.75) is 46.5 Å². The lowest BCUT2D eigenvalue weighted by Gasteiger charge is -2.21. The molecule has 35 heavy (non-hydrogen) atoms. The van der Waals surface area contributed by atoms with Crippen LogP contribution >= 0.6 is 0 Å². The van der Waals surface area contributed by atoms with Crippen LogP contribution < -0.4 is 15.0 Å². The van der Waals surface area contributed by atoms with Gasteiger partial charge in [0.05, 0.1) is 17.9 Å². The predicted octanol–water partition coefficient (Wildman–Crippen LogP) is 6.48. The maximum absolute atomic E-state index is 13.7. The first-order valence-electron chi connectivity index (χ1n) is 12.0. The highest BCUT2D eigenvalue weighted by Crippen LogP contribution is 2.35. The van der Waals surface area contributed by atoms with E-state index < -0.39 is 0 Å². The van der Waals surface area contributed by atoms with E-state index in [2.05, 4.69) is 26.1 Å². The summed E-state index contributed by atoms with van der Waals surface area (Å²) in [5.74, 6) is -0.0158. The molecule has 0 atom stereocenters. The van der Waals surface area contributed by atoms with Gasteiger partial charge in [-0.05, 0) is 54.2 Å². The topological polar surface area (TPSA) is 58.6 Å². The molecule has 1 N–H and O–H groups in total. The zero-order valence-electron chi connectivity index (χ0n) is 21.0. The van der Waals surface area contributed by atoms with Crippen LogP contribution in [-0.2, 0) is 15.0 Å². The van der Waals surface area contributed by atoms with E-state index in [-0.39, 0.29) is 22.9 Å². The summed E-state index contributed by atoms with van der Waals surface area (Å²) in [5.41, 5.74) is 4.73. The lowest BCUT2D eigenvalue weighted by Crippen LogP contribution is -2.32. The molecule has 0 aromatic heterocycles. The summed E-state index contributed by atoms with van der Waals surface area (Å²) in [5, 5.41) is 3.22. The fraction of sp³-hybridized carbons (Fsp3) is 0.267. The van der Waals surface area contributed by atoms with Gasteiger partial charge in [0, 0.05) is 11.8 Å². The number of anilines is 2. The summed E-state index contributed by atoms with van der Waals surface area (Å²) in [6.07, 6.45) is 0.899. The quantitative estimate of drug-likeness (QED) is 0.403. The minimum absolute atomic E-state index is 0.0273. The number of carbonyl (C=O) groups excluding carboxylic acids is 2. The zero-order chi connectivity index (χ0) is 25.2. The molecule has 2 amide bonds. The molecule has 180 valence electrons. The van der Waals surface area contributed by atoms with Gasteiger partial charge in [0.2, 0.25) is 0 Å². The molecule has 1 heterocycles. The number of hydrogen-bond acceptors (Lipinski definition) is 4. The molecule has 0 saturated carbocycles. The van der Waals surface area contributed by atoms with Crippen LogP contribution in [0.25, 0.3) is 5.57 Å². The Morgan fingerprint density at radius 3 is 2.20 bits per heavy atom. The SMILES string of the molecule is CCCOc1cccc(NC2=C(c3ccc(C)cc3)C(=O)N(c3ccc(C(C)(C)C)cc3)C2=O)c1. The van der Waals surface area contributed by atoms with Crippen molar-refractivity contribution in [1.29, 1.82) is 0 Å². The monoisotopic (exact) mass is 468 g/mol. The third-order valence-electron chi connectivity index (χ3n) is 5.99. The Balaban J connectivity index is 1.74. The van der Waals surface area contributed by atoms with E-state index in [4.69, 9.17) is 4.74 Å². The number of carbonyl (C=O) groups is 2. The summed E-state index contributed by atoms with van der Waals surface area (Å²) < 4.78 is 5.74. The second-order valence-electron chi connectivity index (χ2n) is 9.86. The van der Waals surface area contributed by atoms with Gasteiger partial charge in [-0.3, -0.25) is 9.59 Å². The van der Waals surface area contributed by atoms with Gasteiger partial charge in [0.15, 0.2) is 0 Å². The van der Waals surface area contributed by atoms with E-state index in [0.29, 0.717) is 34.9 Å². The van der Waals surface area contributed by atoms with Gasteiger partial charge < -0.3 is 10.1 Å². The molecule has 0 fully saturated rings. The molecule has 0 saturated heterocycles. The van der Waals surface area contributed by atoms with Crippen LogP contribution in [0, 0.1) is 6.92 Å². The second-order valence-corrected chi connectivity index (χ2v) is 9.86. The maximum atomic E-state index is 13.7. The van der Waals surface area contributed by atoms with Crippen LogP contribution in [0.4, 0.5) is 11.4 Å². The fourth-order valence-electron chi connectivity index (χ4n) is 4.01. The summed E-state index contributed by atoms with van der Waals surface area (Å²) >= 11 is 0. The number of aryl methyl sites for hydroxylation is 1. The molecule has 4 rings (SSSR count). The van der Waals surface area contributed by atoms with Crippen LogP contribution in [0.3, 0.4) is 0 Å². The van der Waals surface area contributed by atoms with Gasteiger partial charge >= 0.3 is 0 Å². The Morgan fingerprint density at radius 2 is 1.57 bits per heavy atom. The van der Waals surface area contributed by atoms with E-state index >= 15 is 0 Å². The van der Waals surface area contributed by atoms with E-state index in [1.807, 2.05) is 86.6 Å². The number of benzene rings is 3. The molecule has 3 aromatic rings. The Kier molecular flexibility index (Phi) is 6.79. The average molecular weight is 469 g/mol. The summed E-state index contributed by atoms with van der Waals surface area (Å²) in [6, 6.07) is 22.7. The number of ether oxygens (including phenoxy) is 1. The van der Waals surface area contributed by atoms with Crippen LogP contribution in [0.5, 0.6) is 5.75 Å². The minimum atomic E-state index is -0.381. The third kappa shape index (κ3) is 5.14. The minimum Gasteiger partial charge on any atom is -0.494 e. The first kappa shape index (κ1) is 24.3. The standard InChI is InChI=1S/C30H32N2O3/c1-6-18-35-25-9-7-8-23(19-25)31-27-26(21-12-10-20(2)11-13-21)28(33)32(29(27)34)24-16-14-22(15-17-24)30(3,4)5/h7-17,19,31H,6,18H2,1-5H3. The Labute approximate surface area is 207 Å². The van der Waals surface area contributed by atoms with Gasteiger partial charge in [0.25, 0.3) is 11.8 Å². The molecule has 5 heteroatoms. The van der Waals surface area contributed by atoms with Crippen molar-refractivity contribution in [3.8, 4) is 5.75 Å². The highest BCUT2D eigenvalue weighted by Gasteiger charge is 2.40. The van der Waals surface area contributed by atoms with Crippen molar-refractivity contribution >= 4 is 28.8 Å². The number of rotatable bonds is 7. The first-order chi connectivity index (χ1) is 16.7. The van der Waals surface area contributed by atoms with Gasteiger partial charge in [-0.15, -0.1) is 0 Å². The average Bonchev–Trinajstić information content (AvgIpc) is 3.07. The number of amides is 2. The lowest BCUT2D eigenvalue weighted by atomic mass is 9.87. The molecule has 0 bridgehead atoms. The van der Waals surface area contributed by atoms with Crippen LogP contribution in [0.2, 0.25) is 0 Å². The molecule has 0 radical (unpaired) electrons. The van der Waals surface area contributed by atoms with Gasteiger partial charge in [-0.1, -0.05) is 75.7 Å². The smallest absolute Gasteiger partial charge is 0.282 e. The molecular formula is C30H32N2O3. The van der Waals surface area contributed by atoms with Crippen molar-refractivity contribution < 1.29 is 14.3 Å². The van der Waals surface area contributed by atoms with Crippen molar-refractivity contribution in [3.05, 3.63) is 95.2 Å². The Bertz CT molecular complexity index is 1270. The zero-order valence-corrected chi connectivity index (χ0v) is 21.0. The van der Waals surface area contributed by atoms with Crippen LogP contribution in [0.1, 0.15) is 50.8 Å². The molecule has 1 aliphatic heterocycles. The highest BCUT2D eigenvalue weighted by atomic mass is 16.5. The predicted molar refractivity (Wildman–Crippen MR) is 142 cm³/mol. The van der Waals surface area contributed by atoms with E-state index in [1.165, 1.54) is 4.90 Å². The van der Waals surface area contributed by atoms with Gasteiger partial charge in [-0.25, -0.2) is 4.90 Å². The van der Waals surface area contributed by atoms with Crippen molar-refractivity contribution in [2.24, 2.45) is 0 Å². The van der Waals surface area contributed by atoms with Crippen molar-refractivity contribution in [1.82, 2.24) is 0 Å². The van der Waals surface area contributed by atoms with Gasteiger partial charge in [-0.2, -0.15) is 0 Å². The Morgan fingerprint density at radius 1 is 0.886 bits per heavy atom. The van der Waals surface area contributed by atoms with E-state index in [9.17, 15) is 9.59 Å². The third-order valence-corrected chi connectivity index (χ3v) is 5.99. The second kappa shape index (κ2) is 9.79. The summed E-state index contributed by atoms with van der Waals surface area (Å²) in [4.78, 5) is 28.6. The number of nitrogens with zero attached hydrogens (tertiary/aromatic N) is 1. The molecule has 3 aromatic carbocycles. The van der Waals surface area contributed by atoms with Crippen LogP contribution in [0.15, 0.2) is 78.5 Å². The maximum Gasteiger partial charge on any atom is 0.282 e. The Hall–Kier alpha value is -3.86. The summed E-state index contributed by atoms with van der Waals surface area (Å²) in [7, 11) is 0. The highest BCUT2D eigenvalue weighted by molar-refractivity contribution is 6.46. The molecule has 0 unspecified atom stereocenters. The first-order valence-corrected chi connectivity index (χ1v) is 12.0. The van der Waals surface area contributed by atoms with Gasteiger partial charge in [0.1, 0.15) is 11.4 Å². The number of hydrogen-bond donors (Lipinski definition) is 1. The molecule has 0 aliphatic carbocycles. The van der Waals surface area contributed by atoms with Crippen LogP contribution in [-0.4, -0.2) is 18.4 Å². The number of imide groups is 1. The van der Waals surface area contributed by atoms with Crippen molar-refractivity contribution in [3.63, 3.8) is 0 Å². The van der Waals surface area contributed by atoms with E-state index in [1.54, 1.807) is 0 Å². The molecule has 0 spiro atoms. The summed E-state index contributed by atoms with van der Waals surface area (Å²) in [6.45, 7) is 11.0. The van der Waals surface area contributed by atoms with E-state index in [0.717, 1.165) is 17.5 Å². The molecule has 1 aliphatic rings. The lowest BCUT2D eigenvalue weighted by molar-refractivity contribution is -0.120. The number of nitrogens with one attached hydrogen (secondary N) is 1. The molecular weight excluding hydrogens is 436 g/mol. The normalized spacial score (nSPS) is 14.0.